The molecule has 2 heterocycles. The highest BCUT2D eigenvalue weighted by molar-refractivity contribution is 5.70. The molecule has 1 aromatic carbocycles. The second kappa shape index (κ2) is 8.12. The van der Waals surface area contributed by atoms with Crippen LogP contribution in [0.25, 0.3) is 12.2 Å². The fourth-order valence-electron chi connectivity index (χ4n) is 2.28. The maximum atomic E-state index is 13.0. The van der Waals surface area contributed by atoms with E-state index in [1.165, 1.54) is 18.2 Å². The van der Waals surface area contributed by atoms with Gasteiger partial charge in [-0.25, -0.2) is 4.79 Å². The van der Waals surface area contributed by atoms with Gasteiger partial charge < -0.3 is 19.8 Å². The number of hydrogen-bond donors (Lipinski definition) is 3. The summed E-state index contributed by atoms with van der Waals surface area (Å²) < 4.78 is 17.5. The van der Waals surface area contributed by atoms with E-state index in [0.717, 1.165) is 11.8 Å². The normalized spacial score (nSPS) is 13.3. The van der Waals surface area contributed by atoms with Crippen LogP contribution in [0.2, 0.25) is 0 Å². The van der Waals surface area contributed by atoms with Crippen LogP contribution < -0.4 is 26.6 Å². The van der Waals surface area contributed by atoms with Crippen molar-refractivity contribution in [1.82, 2.24) is 15.0 Å². The van der Waals surface area contributed by atoms with E-state index in [1.807, 2.05) is 6.07 Å². The van der Waals surface area contributed by atoms with Crippen LogP contribution in [-0.2, 0) is 4.79 Å². The summed E-state index contributed by atoms with van der Waals surface area (Å²) in [7, 11) is 0. The van der Waals surface area contributed by atoms with Crippen LogP contribution in [0.3, 0.4) is 0 Å². The number of alkyl halides is 1. The van der Waals surface area contributed by atoms with E-state index >= 15 is 0 Å². The van der Waals surface area contributed by atoms with Gasteiger partial charge in [0.25, 0.3) is 11.1 Å². The molecule has 1 unspecified atom stereocenters. The molecule has 0 amide bonds. The quantitative estimate of drug-likeness (QED) is 0.564. The second-order valence-corrected chi connectivity index (χ2v) is 5.63. The van der Waals surface area contributed by atoms with Gasteiger partial charge >= 0.3 is 12.3 Å². The number of carbonyl (C=O) groups is 1. The van der Waals surface area contributed by atoms with Crippen LogP contribution in [0, 0.1) is 0 Å². The Bertz CT molecular complexity index is 1220. The molecule has 0 radical (unpaired) electrons. The van der Waals surface area contributed by atoms with Gasteiger partial charge in [-0.3, -0.25) is 14.6 Å². The van der Waals surface area contributed by atoms with Crippen LogP contribution in [0.4, 0.5) is 4.39 Å². The fraction of sp³-hybridized carbons (Fsp3) is 0.0526. The highest BCUT2D eigenvalue weighted by atomic mass is 19.1. The lowest BCUT2D eigenvalue weighted by atomic mass is 10.2. The van der Waals surface area contributed by atoms with E-state index in [0.29, 0.717) is 0 Å². The Labute approximate surface area is 156 Å². The summed E-state index contributed by atoms with van der Waals surface area (Å²) in [5.74, 6) is -1.85. The first kappa shape index (κ1) is 18.8. The lowest BCUT2D eigenvalue weighted by molar-refractivity contribution is -0.153. The predicted octanol–water partition coefficient (Wildman–Crippen LogP) is -0.125. The molecule has 0 fully saturated rings. The molecule has 142 valence electrons. The van der Waals surface area contributed by atoms with Crippen molar-refractivity contribution in [2.75, 3.05) is 0 Å². The molecule has 1 atom stereocenters. The Balaban J connectivity index is 1.92. The van der Waals surface area contributed by atoms with E-state index < -0.39 is 23.4 Å². The van der Waals surface area contributed by atoms with Crippen LogP contribution in [0.5, 0.6) is 5.75 Å². The minimum atomic E-state index is -2.51. The fourth-order valence-corrected chi connectivity index (χ4v) is 2.28. The van der Waals surface area contributed by atoms with Gasteiger partial charge in [0, 0.05) is 0 Å². The van der Waals surface area contributed by atoms with Crippen LogP contribution in [-0.4, -0.2) is 32.4 Å². The van der Waals surface area contributed by atoms with Crippen molar-refractivity contribution in [2.45, 2.75) is 6.36 Å². The zero-order valence-electron chi connectivity index (χ0n) is 14.3. The van der Waals surface area contributed by atoms with Crippen molar-refractivity contribution in [3.63, 3.8) is 0 Å². The maximum Gasteiger partial charge on any atom is 0.378 e. The predicted molar refractivity (Wildman–Crippen MR) is 97.9 cm³/mol. The minimum absolute atomic E-state index is 0.0229. The van der Waals surface area contributed by atoms with Gasteiger partial charge in [0.15, 0.2) is 0 Å². The summed E-state index contributed by atoms with van der Waals surface area (Å²) in [6.45, 7) is 0. The van der Waals surface area contributed by atoms with E-state index in [2.05, 4.69) is 19.7 Å². The number of pyridine rings is 1. The molecule has 2 aromatic heterocycles. The van der Waals surface area contributed by atoms with Gasteiger partial charge in [-0.1, -0.05) is 30.3 Å². The minimum Gasteiger partial charge on any atom is -0.476 e. The Hall–Kier alpha value is -4.01. The molecule has 28 heavy (non-hydrogen) atoms. The lowest BCUT2D eigenvalue weighted by Crippen LogP contribution is -2.46. The molecule has 3 aromatic rings. The number of ether oxygens (including phenoxy) is 1. The SMILES string of the molecule is O=C(O)C(F)Oc1ccc(C=c2[nH]c(=O)/c(=C/c3ccccc3)[nH]c2=O)nc1. The van der Waals surface area contributed by atoms with E-state index in [-0.39, 0.29) is 22.1 Å². The molecule has 0 bridgehead atoms. The molecular formula is C19H14FN3O5. The Kier molecular flexibility index (Phi) is 5.45. The van der Waals surface area contributed by atoms with E-state index in [4.69, 9.17) is 5.11 Å². The van der Waals surface area contributed by atoms with Gasteiger partial charge in [-0.05, 0) is 29.8 Å². The largest absolute Gasteiger partial charge is 0.476 e. The van der Waals surface area contributed by atoms with Gasteiger partial charge in [-0.15, -0.1) is 0 Å². The Morgan fingerprint density at radius 3 is 2.25 bits per heavy atom. The number of rotatable bonds is 5. The first-order valence-corrected chi connectivity index (χ1v) is 8.03. The number of aliphatic carboxylic acids is 1. The maximum absolute atomic E-state index is 13.0. The molecular weight excluding hydrogens is 369 g/mol. The third-order valence-electron chi connectivity index (χ3n) is 3.58. The first-order valence-electron chi connectivity index (χ1n) is 8.03. The van der Waals surface area contributed by atoms with Crippen LogP contribution in [0.1, 0.15) is 11.3 Å². The van der Waals surface area contributed by atoms with Crippen molar-refractivity contribution in [3.8, 4) is 5.75 Å². The Morgan fingerprint density at radius 1 is 1.04 bits per heavy atom. The zero-order chi connectivity index (χ0) is 20.1. The number of benzene rings is 1. The van der Waals surface area contributed by atoms with E-state index in [9.17, 15) is 18.8 Å². The highest BCUT2D eigenvalue weighted by Gasteiger charge is 2.17. The number of hydrogen-bond acceptors (Lipinski definition) is 5. The molecule has 0 spiro atoms. The molecule has 0 aliphatic carbocycles. The van der Waals surface area contributed by atoms with Gasteiger partial charge in [-0.2, -0.15) is 4.39 Å². The number of H-pyrrole nitrogens is 2. The number of aromatic nitrogens is 3. The number of halogens is 1. The molecule has 8 nitrogen and oxygen atoms in total. The number of carboxylic acids is 1. The lowest BCUT2D eigenvalue weighted by Gasteiger charge is -2.06. The summed E-state index contributed by atoms with van der Waals surface area (Å²) in [6.07, 6.45) is 1.46. The van der Waals surface area contributed by atoms with Crippen molar-refractivity contribution in [3.05, 3.63) is 91.3 Å². The summed E-state index contributed by atoms with van der Waals surface area (Å²) in [5, 5.41) is 8.55. The summed E-state index contributed by atoms with van der Waals surface area (Å²) >= 11 is 0. The molecule has 0 saturated carbocycles. The second-order valence-electron chi connectivity index (χ2n) is 5.63. The number of carboxylic acid groups (broad SMARTS) is 1. The summed E-state index contributed by atoms with van der Waals surface area (Å²) in [5.41, 5.74) is 0.0131. The van der Waals surface area contributed by atoms with E-state index in [1.54, 1.807) is 30.3 Å². The average Bonchev–Trinajstić information content (AvgIpc) is 2.68. The molecule has 3 rings (SSSR count). The standard InChI is InChI=1S/C19H14FN3O5/c20-16(19(26)27)28-13-7-6-12(21-10-13)9-15-18(25)22-14(17(24)23-15)8-11-4-2-1-3-5-11/h1-10,16H,(H,22,25)(H,23,24)(H,26,27)/b14-8-,15-9?. The van der Waals surface area contributed by atoms with Crippen molar-refractivity contribution >= 4 is 18.1 Å². The Morgan fingerprint density at radius 2 is 1.68 bits per heavy atom. The molecule has 0 aliphatic heterocycles. The molecule has 9 heteroatoms. The van der Waals surface area contributed by atoms with Crippen LogP contribution in [0.15, 0.2) is 58.3 Å². The first-order chi connectivity index (χ1) is 13.4. The number of nitrogens with one attached hydrogen (secondary N) is 2. The monoisotopic (exact) mass is 383 g/mol. The topological polar surface area (TPSA) is 125 Å². The molecule has 0 saturated heterocycles. The van der Waals surface area contributed by atoms with Crippen molar-refractivity contribution in [2.24, 2.45) is 0 Å². The van der Waals surface area contributed by atoms with Gasteiger partial charge in [0.1, 0.15) is 16.4 Å². The van der Waals surface area contributed by atoms with Gasteiger partial charge in [0.05, 0.1) is 11.9 Å². The molecule has 0 aliphatic rings. The zero-order valence-corrected chi connectivity index (χ0v) is 14.3. The third-order valence-corrected chi connectivity index (χ3v) is 3.58. The average molecular weight is 383 g/mol. The summed E-state index contributed by atoms with van der Waals surface area (Å²) in [4.78, 5) is 43.8. The van der Waals surface area contributed by atoms with Crippen LogP contribution >= 0.6 is 0 Å². The van der Waals surface area contributed by atoms with Crippen molar-refractivity contribution < 1.29 is 19.0 Å². The molecule has 3 N–H and O–H groups in total. The van der Waals surface area contributed by atoms with Gasteiger partial charge in [0.2, 0.25) is 0 Å². The number of nitrogens with zero attached hydrogens (tertiary/aromatic N) is 1. The highest BCUT2D eigenvalue weighted by Crippen LogP contribution is 2.12. The van der Waals surface area contributed by atoms with Crippen molar-refractivity contribution in [1.29, 1.82) is 0 Å². The number of aromatic amines is 2. The summed E-state index contributed by atoms with van der Waals surface area (Å²) in [6, 6.07) is 11.7. The smallest absolute Gasteiger partial charge is 0.378 e. The third kappa shape index (κ3) is 4.58.